The fourth-order valence-electron chi connectivity index (χ4n) is 1.40. The van der Waals surface area contributed by atoms with Gasteiger partial charge in [0.05, 0.1) is 16.3 Å². The summed E-state index contributed by atoms with van der Waals surface area (Å²) in [6.07, 6.45) is 0. The van der Waals surface area contributed by atoms with Crippen molar-refractivity contribution in [2.24, 2.45) is 0 Å². The average Bonchev–Trinajstić information content (AvgIpc) is 2.36. The van der Waals surface area contributed by atoms with Crippen LogP contribution in [0.25, 0.3) is 0 Å². The number of nitrogens with zero attached hydrogens (tertiary/aromatic N) is 1. The van der Waals surface area contributed by atoms with E-state index in [-0.39, 0.29) is 0 Å². The summed E-state index contributed by atoms with van der Waals surface area (Å²) < 4.78 is 0. The number of benzene rings is 2. The number of halogens is 2. The smallest absolute Gasteiger partial charge is 0.101 e. The molecule has 2 N–H and O–H groups in total. The van der Waals surface area contributed by atoms with Crippen molar-refractivity contribution >= 4 is 40.7 Å². The molecule has 0 unspecified atom stereocenters. The van der Waals surface area contributed by atoms with Crippen LogP contribution in [0, 0.1) is 11.3 Å². The molecule has 0 bridgehead atoms. The normalized spacial score (nSPS) is 10.1. The highest BCUT2D eigenvalue weighted by Gasteiger charge is 2.09. The Morgan fingerprint density at radius 3 is 2.61 bits per heavy atom. The summed E-state index contributed by atoms with van der Waals surface area (Å²) in [5.41, 5.74) is 6.83. The lowest BCUT2D eigenvalue weighted by molar-refractivity contribution is 1.38. The molecule has 2 aromatic rings. The van der Waals surface area contributed by atoms with Gasteiger partial charge in [0.1, 0.15) is 6.07 Å². The number of anilines is 1. The lowest BCUT2D eigenvalue weighted by atomic mass is 10.2. The van der Waals surface area contributed by atoms with Crippen LogP contribution < -0.4 is 5.73 Å². The van der Waals surface area contributed by atoms with Crippen molar-refractivity contribution in [3.63, 3.8) is 0 Å². The maximum absolute atomic E-state index is 8.92. The number of nitriles is 1. The molecule has 2 rings (SSSR count). The van der Waals surface area contributed by atoms with Gasteiger partial charge in [0.25, 0.3) is 0 Å². The van der Waals surface area contributed by atoms with E-state index in [1.54, 1.807) is 30.3 Å². The molecule has 2 nitrogen and oxygen atoms in total. The van der Waals surface area contributed by atoms with Crippen LogP contribution in [-0.4, -0.2) is 0 Å². The molecule has 2 aromatic carbocycles. The Kier molecular flexibility index (Phi) is 4.03. The van der Waals surface area contributed by atoms with Crippen LogP contribution in [0.1, 0.15) is 5.56 Å². The zero-order valence-corrected chi connectivity index (χ0v) is 11.5. The van der Waals surface area contributed by atoms with Crippen molar-refractivity contribution in [3.05, 3.63) is 52.0 Å². The molecule has 0 amide bonds. The fourth-order valence-corrected chi connectivity index (χ4v) is 2.83. The van der Waals surface area contributed by atoms with Crippen LogP contribution in [0.5, 0.6) is 0 Å². The molecule has 0 spiro atoms. The molecule has 0 radical (unpaired) electrons. The third kappa shape index (κ3) is 2.73. The zero-order valence-electron chi connectivity index (χ0n) is 9.15. The number of nitrogen functional groups attached to an aromatic ring is 1. The first-order valence-electron chi connectivity index (χ1n) is 5.03. The van der Waals surface area contributed by atoms with E-state index in [4.69, 9.17) is 34.2 Å². The molecule has 0 atom stereocenters. The minimum Gasteiger partial charge on any atom is -0.397 e. The van der Waals surface area contributed by atoms with Gasteiger partial charge in [-0.3, -0.25) is 0 Å². The number of hydrogen-bond acceptors (Lipinski definition) is 3. The second-order valence-electron chi connectivity index (χ2n) is 3.51. The second-order valence-corrected chi connectivity index (χ2v) is 5.43. The summed E-state index contributed by atoms with van der Waals surface area (Å²) in [5, 5.41) is 10.1. The molecule has 0 aromatic heterocycles. The van der Waals surface area contributed by atoms with Crippen molar-refractivity contribution in [1.82, 2.24) is 0 Å². The van der Waals surface area contributed by atoms with Gasteiger partial charge < -0.3 is 5.73 Å². The van der Waals surface area contributed by atoms with Crippen LogP contribution in [0.3, 0.4) is 0 Å². The van der Waals surface area contributed by atoms with Gasteiger partial charge in [-0.25, -0.2) is 0 Å². The van der Waals surface area contributed by atoms with E-state index in [0.29, 0.717) is 21.3 Å². The quantitative estimate of drug-likeness (QED) is 0.824. The van der Waals surface area contributed by atoms with Crippen LogP contribution >= 0.6 is 35.0 Å². The maximum Gasteiger partial charge on any atom is 0.101 e. The van der Waals surface area contributed by atoms with Gasteiger partial charge in [0, 0.05) is 14.8 Å². The Hall–Kier alpha value is -1.34. The third-order valence-corrected chi connectivity index (χ3v) is 4.11. The summed E-state index contributed by atoms with van der Waals surface area (Å²) in [6, 6.07) is 12.6. The van der Waals surface area contributed by atoms with Crippen molar-refractivity contribution < 1.29 is 0 Å². The first kappa shape index (κ1) is 13.1. The molecule has 18 heavy (non-hydrogen) atoms. The Morgan fingerprint density at radius 1 is 1.11 bits per heavy atom. The Bertz CT molecular complexity index is 635. The van der Waals surface area contributed by atoms with Crippen LogP contribution in [0.15, 0.2) is 46.2 Å². The molecule has 0 heterocycles. The lowest BCUT2D eigenvalue weighted by Gasteiger charge is -2.08. The minimum absolute atomic E-state index is 0.457. The number of hydrogen-bond donors (Lipinski definition) is 1. The predicted molar refractivity (Wildman–Crippen MR) is 76.2 cm³/mol. The van der Waals surface area contributed by atoms with Crippen LogP contribution in [0.4, 0.5) is 5.69 Å². The van der Waals surface area contributed by atoms with E-state index in [0.717, 1.165) is 9.79 Å². The summed E-state index contributed by atoms with van der Waals surface area (Å²) in [7, 11) is 0. The largest absolute Gasteiger partial charge is 0.397 e. The van der Waals surface area contributed by atoms with Gasteiger partial charge >= 0.3 is 0 Å². The highest BCUT2D eigenvalue weighted by molar-refractivity contribution is 7.99. The maximum atomic E-state index is 8.92. The van der Waals surface area contributed by atoms with Crippen molar-refractivity contribution in [1.29, 1.82) is 5.26 Å². The molecule has 90 valence electrons. The molecule has 0 aliphatic rings. The van der Waals surface area contributed by atoms with Crippen molar-refractivity contribution in [3.8, 4) is 6.07 Å². The van der Waals surface area contributed by atoms with Gasteiger partial charge in [-0.05, 0) is 30.3 Å². The van der Waals surface area contributed by atoms with E-state index in [9.17, 15) is 0 Å². The molecule has 0 saturated carbocycles. The Labute approximate surface area is 119 Å². The van der Waals surface area contributed by atoms with Crippen LogP contribution in [-0.2, 0) is 0 Å². The molecule has 0 aliphatic heterocycles. The van der Waals surface area contributed by atoms with E-state index in [1.807, 2.05) is 6.07 Å². The average molecular weight is 295 g/mol. The summed E-state index contributed by atoms with van der Waals surface area (Å²) >= 11 is 13.4. The van der Waals surface area contributed by atoms with Gasteiger partial charge in [0.15, 0.2) is 0 Å². The van der Waals surface area contributed by atoms with E-state index < -0.39 is 0 Å². The monoisotopic (exact) mass is 294 g/mol. The van der Waals surface area contributed by atoms with Crippen molar-refractivity contribution in [2.45, 2.75) is 9.79 Å². The van der Waals surface area contributed by atoms with Gasteiger partial charge in [-0.1, -0.05) is 41.0 Å². The fraction of sp³-hybridized carbons (Fsp3) is 0. The molecular formula is C13H8Cl2N2S. The SMILES string of the molecule is N#Cc1cccc(Sc2cc(Cl)ccc2Cl)c1N. The third-order valence-electron chi connectivity index (χ3n) is 2.30. The number of nitrogens with two attached hydrogens (primary N) is 1. The summed E-state index contributed by atoms with van der Waals surface area (Å²) in [4.78, 5) is 1.60. The van der Waals surface area contributed by atoms with Crippen molar-refractivity contribution in [2.75, 3.05) is 5.73 Å². The zero-order chi connectivity index (χ0) is 13.1. The molecule has 5 heteroatoms. The van der Waals surface area contributed by atoms with E-state index in [1.165, 1.54) is 11.8 Å². The Morgan fingerprint density at radius 2 is 1.89 bits per heavy atom. The topological polar surface area (TPSA) is 49.8 Å². The lowest BCUT2D eigenvalue weighted by Crippen LogP contribution is -1.92. The Balaban J connectivity index is 2.41. The van der Waals surface area contributed by atoms with Gasteiger partial charge in [-0.2, -0.15) is 5.26 Å². The second kappa shape index (κ2) is 5.53. The first-order valence-corrected chi connectivity index (χ1v) is 6.60. The molecule has 0 aliphatic carbocycles. The number of para-hydroxylation sites is 1. The molecule has 0 fully saturated rings. The highest BCUT2D eigenvalue weighted by Crippen LogP contribution is 2.38. The number of rotatable bonds is 2. The van der Waals surface area contributed by atoms with E-state index in [2.05, 4.69) is 6.07 Å². The predicted octanol–water partition coefficient (Wildman–Crippen LogP) is 4.60. The van der Waals surface area contributed by atoms with E-state index >= 15 is 0 Å². The van der Waals surface area contributed by atoms with Crippen LogP contribution in [0.2, 0.25) is 10.0 Å². The van der Waals surface area contributed by atoms with Gasteiger partial charge in [-0.15, -0.1) is 0 Å². The molecular weight excluding hydrogens is 287 g/mol. The summed E-state index contributed by atoms with van der Waals surface area (Å²) in [5.74, 6) is 0. The summed E-state index contributed by atoms with van der Waals surface area (Å²) in [6.45, 7) is 0. The molecule has 0 saturated heterocycles. The minimum atomic E-state index is 0.457. The standard InChI is InChI=1S/C13H8Cl2N2S/c14-9-4-5-10(15)12(6-9)18-11-3-1-2-8(7-16)13(11)17/h1-6H,17H2. The highest BCUT2D eigenvalue weighted by atomic mass is 35.5. The first-order chi connectivity index (χ1) is 8.61. The van der Waals surface area contributed by atoms with Gasteiger partial charge in [0.2, 0.25) is 0 Å².